The third-order valence-electron chi connectivity index (χ3n) is 4.65. The van der Waals surface area contributed by atoms with Gasteiger partial charge in [0.2, 0.25) is 0 Å². The van der Waals surface area contributed by atoms with E-state index in [4.69, 9.17) is 16.3 Å². The SMILES string of the molecule is CCC(CC)(CNC1CC1)Cc1cc(Cl)ccc1OC. The molecule has 0 saturated heterocycles. The standard InChI is InChI=1S/C17H26ClNO/c1-4-17(5-2,12-19-15-7-8-15)11-13-10-14(18)6-9-16(13)20-3/h6,9-10,15,19H,4-5,7-8,11-12H2,1-3H3. The summed E-state index contributed by atoms with van der Waals surface area (Å²) in [5, 5.41) is 4.49. The van der Waals surface area contributed by atoms with Gasteiger partial charge in [0.15, 0.2) is 0 Å². The molecule has 20 heavy (non-hydrogen) atoms. The minimum absolute atomic E-state index is 0.292. The van der Waals surface area contributed by atoms with Crippen molar-refractivity contribution in [1.82, 2.24) is 5.32 Å². The molecule has 1 aromatic carbocycles. The van der Waals surface area contributed by atoms with Crippen LogP contribution >= 0.6 is 11.6 Å². The van der Waals surface area contributed by atoms with Crippen LogP contribution in [0.4, 0.5) is 0 Å². The van der Waals surface area contributed by atoms with Crippen LogP contribution in [0, 0.1) is 5.41 Å². The molecule has 3 heteroatoms. The van der Waals surface area contributed by atoms with E-state index in [1.165, 1.54) is 31.2 Å². The fourth-order valence-electron chi connectivity index (χ4n) is 2.75. The van der Waals surface area contributed by atoms with Crippen molar-refractivity contribution >= 4 is 11.6 Å². The van der Waals surface area contributed by atoms with E-state index < -0.39 is 0 Å². The first-order chi connectivity index (χ1) is 9.62. The Morgan fingerprint density at radius 1 is 1.30 bits per heavy atom. The lowest BCUT2D eigenvalue weighted by Gasteiger charge is -2.33. The van der Waals surface area contributed by atoms with Crippen molar-refractivity contribution in [2.45, 2.75) is 52.0 Å². The van der Waals surface area contributed by atoms with E-state index in [1.807, 2.05) is 12.1 Å². The summed E-state index contributed by atoms with van der Waals surface area (Å²) in [6.07, 6.45) is 6.02. The van der Waals surface area contributed by atoms with Crippen LogP contribution in [-0.4, -0.2) is 19.7 Å². The van der Waals surface area contributed by atoms with E-state index in [-0.39, 0.29) is 0 Å². The minimum Gasteiger partial charge on any atom is -0.496 e. The molecule has 1 aromatic rings. The molecule has 0 amide bonds. The minimum atomic E-state index is 0.292. The average molecular weight is 296 g/mol. The zero-order valence-corrected chi connectivity index (χ0v) is 13.6. The molecular weight excluding hydrogens is 270 g/mol. The van der Waals surface area contributed by atoms with Crippen LogP contribution in [0.1, 0.15) is 45.1 Å². The summed E-state index contributed by atoms with van der Waals surface area (Å²) in [6, 6.07) is 6.68. The van der Waals surface area contributed by atoms with Gasteiger partial charge in [-0.25, -0.2) is 0 Å². The van der Waals surface area contributed by atoms with Gasteiger partial charge in [0, 0.05) is 17.6 Å². The molecule has 1 saturated carbocycles. The molecule has 0 aliphatic heterocycles. The number of hydrogen-bond donors (Lipinski definition) is 1. The lowest BCUT2D eigenvalue weighted by atomic mass is 9.76. The van der Waals surface area contributed by atoms with E-state index in [0.29, 0.717) is 5.41 Å². The van der Waals surface area contributed by atoms with Gasteiger partial charge in [0.25, 0.3) is 0 Å². The second kappa shape index (κ2) is 6.82. The molecule has 0 heterocycles. The monoisotopic (exact) mass is 295 g/mol. The van der Waals surface area contributed by atoms with Gasteiger partial charge < -0.3 is 10.1 Å². The molecule has 1 aliphatic rings. The van der Waals surface area contributed by atoms with Crippen LogP contribution in [0.2, 0.25) is 5.02 Å². The number of benzene rings is 1. The fraction of sp³-hybridized carbons (Fsp3) is 0.647. The third kappa shape index (κ3) is 3.89. The molecule has 112 valence electrons. The Morgan fingerprint density at radius 3 is 2.55 bits per heavy atom. The largest absolute Gasteiger partial charge is 0.496 e. The van der Waals surface area contributed by atoms with Gasteiger partial charge in [-0.15, -0.1) is 0 Å². The summed E-state index contributed by atoms with van der Waals surface area (Å²) in [5.41, 5.74) is 1.52. The van der Waals surface area contributed by atoms with Crippen molar-refractivity contribution in [3.05, 3.63) is 28.8 Å². The van der Waals surface area contributed by atoms with Crippen molar-refractivity contribution in [1.29, 1.82) is 0 Å². The maximum Gasteiger partial charge on any atom is 0.122 e. The lowest BCUT2D eigenvalue weighted by molar-refractivity contribution is 0.242. The van der Waals surface area contributed by atoms with Crippen molar-refractivity contribution in [3.63, 3.8) is 0 Å². The molecule has 0 spiro atoms. The van der Waals surface area contributed by atoms with Crippen LogP contribution in [-0.2, 0) is 6.42 Å². The fourth-order valence-corrected chi connectivity index (χ4v) is 2.94. The highest BCUT2D eigenvalue weighted by atomic mass is 35.5. The number of ether oxygens (including phenoxy) is 1. The Bertz CT molecular complexity index is 439. The Hall–Kier alpha value is -0.730. The smallest absolute Gasteiger partial charge is 0.122 e. The Labute approximate surface area is 127 Å². The number of hydrogen-bond acceptors (Lipinski definition) is 2. The Balaban J connectivity index is 2.15. The van der Waals surface area contributed by atoms with Crippen LogP contribution < -0.4 is 10.1 Å². The van der Waals surface area contributed by atoms with E-state index >= 15 is 0 Å². The highest BCUT2D eigenvalue weighted by Gasteiger charge is 2.30. The van der Waals surface area contributed by atoms with Gasteiger partial charge in [-0.2, -0.15) is 0 Å². The number of methoxy groups -OCH3 is 1. The van der Waals surface area contributed by atoms with Gasteiger partial charge >= 0.3 is 0 Å². The van der Waals surface area contributed by atoms with Gasteiger partial charge in [-0.1, -0.05) is 25.4 Å². The van der Waals surface area contributed by atoms with Crippen LogP contribution in [0.5, 0.6) is 5.75 Å². The zero-order chi connectivity index (χ0) is 14.6. The van der Waals surface area contributed by atoms with Crippen LogP contribution in [0.3, 0.4) is 0 Å². The van der Waals surface area contributed by atoms with Gasteiger partial charge in [-0.05, 0) is 61.3 Å². The first kappa shape index (κ1) is 15.7. The lowest BCUT2D eigenvalue weighted by Crippen LogP contribution is -2.36. The maximum atomic E-state index is 6.16. The highest BCUT2D eigenvalue weighted by Crippen LogP contribution is 2.35. The molecule has 0 aromatic heterocycles. The van der Waals surface area contributed by atoms with Crippen LogP contribution in [0.15, 0.2) is 18.2 Å². The first-order valence-electron chi connectivity index (χ1n) is 7.68. The van der Waals surface area contributed by atoms with Crippen molar-refractivity contribution < 1.29 is 4.74 Å². The van der Waals surface area contributed by atoms with E-state index in [1.54, 1.807) is 7.11 Å². The third-order valence-corrected chi connectivity index (χ3v) is 4.89. The van der Waals surface area contributed by atoms with E-state index in [9.17, 15) is 0 Å². The average Bonchev–Trinajstić information content (AvgIpc) is 3.28. The maximum absolute atomic E-state index is 6.16. The number of rotatable bonds is 8. The number of nitrogens with one attached hydrogen (secondary N) is 1. The van der Waals surface area contributed by atoms with E-state index in [0.717, 1.165) is 29.8 Å². The molecule has 2 rings (SSSR count). The molecule has 0 atom stereocenters. The summed E-state index contributed by atoms with van der Waals surface area (Å²) in [5.74, 6) is 0.951. The summed E-state index contributed by atoms with van der Waals surface area (Å²) < 4.78 is 5.49. The molecule has 0 bridgehead atoms. The van der Waals surface area contributed by atoms with Crippen LogP contribution in [0.25, 0.3) is 0 Å². The Morgan fingerprint density at radius 2 is 2.00 bits per heavy atom. The van der Waals surface area contributed by atoms with Gasteiger partial charge in [0.05, 0.1) is 7.11 Å². The quantitative estimate of drug-likeness (QED) is 0.765. The van der Waals surface area contributed by atoms with Gasteiger partial charge in [0.1, 0.15) is 5.75 Å². The molecule has 0 radical (unpaired) electrons. The molecule has 0 unspecified atom stereocenters. The summed E-state index contributed by atoms with van der Waals surface area (Å²) in [6.45, 7) is 5.66. The van der Waals surface area contributed by atoms with Crippen molar-refractivity contribution in [2.75, 3.05) is 13.7 Å². The normalized spacial score (nSPS) is 15.4. The zero-order valence-electron chi connectivity index (χ0n) is 12.8. The van der Waals surface area contributed by atoms with Gasteiger partial charge in [-0.3, -0.25) is 0 Å². The predicted molar refractivity (Wildman–Crippen MR) is 85.7 cm³/mol. The second-order valence-corrected chi connectivity index (χ2v) is 6.43. The summed E-state index contributed by atoms with van der Waals surface area (Å²) in [7, 11) is 1.73. The summed E-state index contributed by atoms with van der Waals surface area (Å²) >= 11 is 6.16. The van der Waals surface area contributed by atoms with E-state index in [2.05, 4.69) is 25.2 Å². The molecule has 1 fully saturated rings. The molecule has 2 nitrogen and oxygen atoms in total. The predicted octanol–water partition coefficient (Wildman–Crippen LogP) is 4.45. The summed E-state index contributed by atoms with van der Waals surface area (Å²) in [4.78, 5) is 0. The second-order valence-electron chi connectivity index (χ2n) is 6.00. The molecule has 1 aliphatic carbocycles. The topological polar surface area (TPSA) is 21.3 Å². The first-order valence-corrected chi connectivity index (χ1v) is 8.06. The highest BCUT2D eigenvalue weighted by molar-refractivity contribution is 6.30. The van der Waals surface area contributed by atoms with Crippen molar-refractivity contribution in [3.8, 4) is 5.75 Å². The molecule has 1 N–H and O–H groups in total. The molecular formula is C17H26ClNO. The Kier molecular flexibility index (Phi) is 5.34. The van der Waals surface area contributed by atoms with Crippen molar-refractivity contribution in [2.24, 2.45) is 5.41 Å². The number of halogens is 1.